The molecule has 0 saturated carbocycles. The summed E-state index contributed by atoms with van der Waals surface area (Å²) in [6.07, 6.45) is 4.14. The molecule has 172 valence electrons. The number of pyridine rings is 1. The maximum Gasteiger partial charge on any atom is 0.250 e. The van der Waals surface area contributed by atoms with E-state index < -0.39 is 11.5 Å². The molecule has 3 aliphatic rings. The average molecular weight is 490 g/mol. The SMILES string of the molecule is CCc1ccc2c(c1)[C@]1(C(=O)N2)[C@H](C(=O)c2cccnc2)[C@@H](c2ccc(Cl)cc2)[C@H]2CSCN21. The molecule has 34 heavy (non-hydrogen) atoms. The number of ketones is 1. The van der Waals surface area contributed by atoms with Crippen LogP contribution < -0.4 is 5.32 Å². The minimum atomic E-state index is -1.06. The lowest BCUT2D eigenvalue weighted by molar-refractivity contribution is -0.127. The number of Topliss-reactive ketones (excluding diaryl/α,β-unsaturated/α-hetero) is 1. The molecule has 2 aromatic carbocycles. The number of rotatable bonds is 4. The predicted octanol–water partition coefficient (Wildman–Crippen LogP) is 5.12. The Morgan fingerprint density at radius 1 is 1.24 bits per heavy atom. The number of nitrogens with zero attached hydrogens (tertiary/aromatic N) is 2. The fourth-order valence-corrected chi connectivity index (χ4v) is 7.54. The molecule has 4 heterocycles. The number of benzene rings is 2. The number of aromatic nitrogens is 1. The van der Waals surface area contributed by atoms with Crippen LogP contribution in [0, 0.1) is 5.92 Å². The van der Waals surface area contributed by atoms with Gasteiger partial charge in [-0.25, -0.2) is 0 Å². The van der Waals surface area contributed by atoms with Crippen LogP contribution in [0.3, 0.4) is 0 Å². The first-order chi connectivity index (χ1) is 16.6. The molecular formula is C27H24ClN3O2S. The van der Waals surface area contributed by atoms with Crippen molar-refractivity contribution in [1.82, 2.24) is 9.88 Å². The molecule has 0 aliphatic carbocycles. The number of anilines is 1. The lowest BCUT2D eigenvalue weighted by Gasteiger charge is -2.36. The van der Waals surface area contributed by atoms with Gasteiger partial charge in [0.15, 0.2) is 5.78 Å². The van der Waals surface area contributed by atoms with Crippen molar-refractivity contribution in [1.29, 1.82) is 0 Å². The molecule has 4 atom stereocenters. The van der Waals surface area contributed by atoms with E-state index in [-0.39, 0.29) is 23.7 Å². The van der Waals surface area contributed by atoms with Gasteiger partial charge in [-0.05, 0) is 47.9 Å². The summed E-state index contributed by atoms with van der Waals surface area (Å²) in [6.45, 7) is 2.11. The van der Waals surface area contributed by atoms with Gasteiger partial charge in [0.05, 0.1) is 5.92 Å². The zero-order chi connectivity index (χ0) is 23.4. The van der Waals surface area contributed by atoms with Crippen molar-refractivity contribution in [2.75, 3.05) is 16.9 Å². The van der Waals surface area contributed by atoms with Crippen molar-refractivity contribution in [2.45, 2.75) is 30.8 Å². The summed E-state index contributed by atoms with van der Waals surface area (Å²) in [5, 5.41) is 3.79. The van der Waals surface area contributed by atoms with Gasteiger partial charge in [0.2, 0.25) is 5.91 Å². The third-order valence-corrected chi connectivity index (χ3v) is 8.87. The Hall–Kier alpha value is -2.67. The van der Waals surface area contributed by atoms with E-state index in [2.05, 4.69) is 34.3 Å². The standard InChI is InChI=1S/C27H24ClN3O2S/c1-2-16-5-10-21-20(12-16)27(26(33)30-21)24(25(32)18-4-3-11-29-13-18)23(22-14-34-15-31(22)27)17-6-8-19(28)9-7-17/h3-13,22-24H,2,14-15H2,1H3,(H,30,33)/t22-,23+,24+,27-/m1/s1. The number of hydrogen-bond acceptors (Lipinski definition) is 5. The Morgan fingerprint density at radius 2 is 2.06 bits per heavy atom. The second-order valence-corrected chi connectivity index (χ2v) is 10.6. The Morgan fingerprint density at radius 3 is 2.79 bits per heavy atom. The van der Waals surface area contributed by atoms with Crippen LogP contribution in [-0.2, 0) is 16.8 Å². The van der Waals surface area contributed by atoms with Gasteiger partial charge in [0.25, 0.3) is 0 Å². The lowest BCUT2D eigenvalue weighted by atomic mass is 9.69. The normalized spacial score (nSPS) is 27.6. The van der Waals surface area contributed by atoms with Crippen LogP contribution in [0.25, 0.3) is 0 Å². The largest absolute Gasteiger partial charge is 0.324 e. The number of aryl methyl sites for hydroxylation is 1. The number of carbonyl (C=O) groups excluding carboxylic acids is 2. The van der Waals surface area contributed by atoms with E-state index in [1.807, 2.05) is 42.1 Å². The molecule has 5 nitrogen and oxygen atoms in total. The molecule has 1 aromatic heterocycles. The van der Waals surface area contributed by atoms with Crippen molar-refractivity contribution in [3.8, 4) is 0 Å². The van der Waals surface area contributed by atoms with Crippen molar-refractivity contribution in [2.24, 2.45) is 5.92 Å². The molecule has 3 aliphatic heterocycles. The molecule has 6 rings (SSSR count). The van der Waals surface area contributed by atoms with E-state index >= 15 is 0 Å². The van der Waals surface area contributed by atoms with Gasteiger partial charge in [-0.3, -0.25) is 19.5 Å². The molecule has 0 bridgehead atoms. The number of amides is 1. The molecule has 1 amide bonds. The average Bonchev–Trinajstić information content (AvgIpc) is 3.53. The lowest BCUT2D eigenvalue weighted by Crippen LogP contribution is -2.52. The fraction of sp³-hybridized carbons (Fsp3) is 0.296. The maximum absolute atomic E-state index is 14.3. The van der Waals surface area contributed by atoms with E-state index in [4.69, 9.17) is 11.6 Å². The topological polar surface area (TPSA) is 62.3 Å². The Kier molecular flexibility index (Phi) is 5.28. The number of hydrogen-bond donors (Lipinski definition) is 1. The van der Waals surface area contributed by atoms with E-state index in [1.54, 1.807) is 24.5 Å². The van der Waals surface area contributed by atoms with Gasteiger partial charge in [-0.1, -0.05) is 42.8 Å². The highest BCUT2D eigenvalue weighted by Gasteiger charge is 2.69. The van der Waals surface area contributed by atoms with Gasteiger partial charge < -0.3 is 5.32 Å². The zero-order valence-electron chi connectivity index (χ0n) is 18.7. The second-order valence-electron chi connectivity index (χ2n) is 9.15. The first kappa shape index (κ1) is 21.8. The third kappa shape index (κ3) is 3.02. The summed E-state index contributed by atoms with van der Waals surface area (Å²) in [5.41, 5.74) is 3.38. The highest BCUT2D eigenvalue weighted by molar-refractivity contribution is 7.99. The van der Waals surface area contributed by atoms with E-state index in [0.29, 0.717) is 16.5 Å². The van der Waals surface area contributed by atoms with E-state index in [1.165, 1.54) is 0 Å². The first-order valence-corrected chi connectivity index (χ1v) is 13.1. The molecule has 1 spiro atoms. The maximum atomic E-state index is 14.3. The first-order valence-electron chi connectivity index (χ1n) is 11.5. The molecule has 2 fully saturated rings. The van der Waals surface area contributed by atoms with Gasteiger partial charge in [-0.2, -0.15) is 0 Å². The summed E-state index contributed by atoms with van der Waals surface area (Å²) in [4.78, 5) is 34.8. The van der Waals surface area contributed by atoms with Crippen LogP contribution in [0.2, 0.25) is 5.02 Å². The van der Waals surface area contributed by atoms with Gasteiger partial charge in [-0.15, -0.1) is 11.8 Å². The molecule has 7 heteroatoms. The smallest absolute Gasteiger partial charge is 0.250 e. The molecule has 0 radical (unpaired) electrons. The summed E-state index contributed by atoms with van der Waals surface area (Å²) in [7, 11) is 0. The van der Waals surface area contributed by atoms with E-state index in [0.717, 1.165) is 34.6 Å². The van der Waals surface area contributed by atoms with Gasteiger partial charge in [0.1, 0.15) is 5.54 Å². The summed E-state index contributed by atoms with van der Waals surface area (Å²) < 4.78 is 0. The van der Waals surface area contributed by atoms with Crippen molar-refractivity contribution < 1.29 is 9.59 Å². The molecule has 2 saturated heterocycles. The number of nitrogens with one attached hydrogen (secondary N) is 1. The van der Waals surface area contributed by atoms with Gasteiger partial charge >= 0.3 is 0 Å². The van der Waals surface area contributed by atoms with Crippen LogP contribution in [-0.4, -0.2) is 39.2 Å². The van der Waals surface area contributed by atoms with Crippen LogP contribution in [0.15, 0.2) is 67.0 Å². The van der Waals surface area contributed by atoms with Crippen LogP contribution in [0.5, 0.6) is 0 Å². The second kappa shape index (κ2) is 8.22. The minimum absolute atomic E-state index is 0.0441. The number of halogens is 1. The fourth-order valence-electron chi connectivity index (χ4n) is 6.09. The third-order valence-electron chi connectivity index (χ3n) is 7.58. The van der Waals surface area contributed by atoms with Crippen LogP contribution >= 0.6 is 23.4 Å². The zero-order valence-corrected chi connectivity index (χ0v) is 20.3. The van der Waals surface area contributed by atoms with Crippen LogP contribution in [0.1, 0.15) is 39.9 Å². The highest BCUT2D eigenvalue weighted by atomic mass is 35.5. The molecule has 0 unspecified atom stereocenters. The summed E-state index contributed by atoms with van der Waals surface area (Å²) in [6, 6.07) is 17.6. The van der Waals surface area contributed by atoms with Gasteiger partial charge in [0, 0.05) is 57.8 Å². The molecule has 3 aromatic rings. The molecule has 1 N–H and O–H groups in total. The number of thioether (sulfide) groups is 1. The van der Waals surface area contributed by atoms with Crippen molar-refractivity contribution in [3.63, 3.8) is 0 Å². The molecular weight excluding hydrogens is 466 g/mol. The summed E-state index contributed by atoms with van der Waals surface area (Å²) in [5.74, 6) is 0.676. The van der Waals surface area contributed by atoms with Crippen LogP contribution in [0.4, 0.5) is 5.69 Å². The quantitative estimate of drug-likeness (QED) is 0.515. The highest BCUT2D eigenvalue weighted by Crippen LogP contribution is 2.61. The minimum Gasteiger partial charge on any atom is -0.324 e. The Bertz CT molecular complexity index is 1280. The Balaban J connectivity index is 1.62. The van der Waals surface area contributed by atoms with Crippen molar-refractivity contribution in [3.05, 3.63) is 94.3 Å². The Labute approximate surface area is 207 Å². The number of fused-ring (bicyclic) bond motifs is 4. The van der Waals surface area contributed by atoms with E-state index in [9.17, 15) is 9.59 Å². The number of carbonyl (C=O) groups is 2. The predicted molar refractivity (Wildman–Crippen MR) is 135 cm³/mol. The summed E-state index contributed by atoms with van der Waals surface area (Å²) >= 11 is 8.04. The van der Waals surface area contributed by atoms with Crippen molar-refractivity contribution >= 4 is 40.7 Å². The monoisotopic (exact) mass is 489 g/mol.